The molecule has 4 nitrogen and oxygen atoms in total. The average molecular weight is 558 g/mol. The molecule has 0 radical (unpaired) electrons. The molecule has 204 valence electrons. The predicted octanol–water partition coefficient (Wildman–Crippen LogP) is 8.69. The molecule has 0 saturated heterocycles. The van der Waals surface area contributed by atoms with Crippen molar-refractivity contribution in [2.75, 3.05) is 7.11 Å². The summed E-state index contributed by atoms with van der Waals surface area (Å²) in [4.78, 5) is 0. The fourth-order valence-corrected chi connectivity index (χ4v) is 8.74. The highest BCUT2D eigenvalue weighted by Gasteiger charge is 2.40. The van der Waals surface area contributed by atoms with Gasteiger partial charge in [0.05, 0.1) is 28.8 Å². The lowest BCUT2D eigenvalue weighted by molar-refractivity contribution is 0.418. The number of benzene rings is 5. The van der Waals surface area contributed by atoms with E-state index in [2.05, 4.69) is 80.8 Å². The molecule has 1 unspecified atom stereocenters. The van der Waals surface area contributed by atoms with Gasteiger partial charge in [-0.1, -0.05) is 87.5 Å². The lowest BCUT2D eigenvalue weighted by atomic mass is 9.87. The average Bonchev–Trinajstić information content (AvgIpc) is 3.33. The largest absolute Gasteiger partial charge is 0.495 e. The normalized spacial score (nSPS) is 16.3. The van der Waals surface area contributed by atoms with E-state index in [0.29, 0.717) is 22.1 Å². The minimum Gasteiger partial charge on any atom is -0.495 e. The summed E-state index contributed by atoms with van der Waals surface area (Å²) in [5, 5.41) is 3.47. The van der Waals surface area contributed by atoms with Crippen LogP contribution in [0, 0.1) is 6.92 Å². The van der Waals surface area contributed by atoms with Gasteiger partial charge < -0.3 is 13.8 Å². The number of para-hydroxylation sites is 2. The summed E-state index contributed by atoms with van der Waals surface area (Å²) in [5.74, 6) is 1.29. The molecule has 0 fully saturated rings. The molecule has 0 bridgehead atoms. The first-order chi connectivity index (χ1) is 19.7. The van der Waals surface area contributed by atoms with Crippen LogP contribution < -0.4 is 19.9 Å². The molecule has 0 saturated carbocycles. The van der Waals surface area contributed by atoms with Gasteiger partial charge in [-0.25, -0.2) is 0 Å². The van der Waals surface area contributed by atoms with Gasteiger partial charge in [-0.05, 0) is 65.4 Å². The van der Waals surface area contributed by atoms with E-state index in [1.54, 1.807) is 7.11 Å². The molecule has 1 aromatic heterocycles. The molecule has 7 rings (SSSR count). The van der Waals surface area contributed by atoms with Crippen molar-refractivity contribution in [1.29, 1.82) is 0 Å². The number of hydrogen-bond donors (Lipinski definition) is 0. The van der Waals surface area contributed by atoms with Crippen molar-refractivity contribution >= 4 is 39.8 Å². The van der Waals surface area contributed by atoms with Crippen LogP contribution in [0.25, 0.3) is 38.6 Å². The van der Waals surface area contributed by atoms with Gasteiger partial charge in [-0.15, -0.1) is 0 Å². The highest BCUT2D eigenvalue weighted by atomic mass is 31.2. The van der Waals surface area contributed by atoms with Gasteiger partial charge in [-0.2, -0.15) is 0 Å². The molecule has 1 atom stereocenters. The Morgan fingerprint density at radius 3 is 2.17 bits per heavy atom. The molecule has 1 aliphatic rings. The van der Waals surface area contributed by atoms with Gasteiger partial charge in [0.2, 0.25) is 0 Å². The molecule has 41 heavy (non-hydrogen) atoms. The second-order valence-electron chi connectivity index (χ2n) is 11.8. The van der Waals surface area contributed by atoms with Gasteiger partial charge in [-0.3, -0.25) is 4.57 Å². The quantitative estimate of drug-likeness (QED) is 0.204. The van der Waals surface area contributed by atoms with Crippen LogP contribution in [0.3, 0.4) is 0 Å². The van der Waals surface area contributed by atoms with Crippen LogP contribution in [-0.4, -0.2) is 11.7 Å². The number of aryl methyl sites for hydroxylation is 1. The number of ether oxygens (including phenoxy) is 1. The zero-order chi connectivity index (χ0) is 28.5. The fraction of sp³-hybridized carbons (Fsp3) is 0.167. The molecule has 2 heterocycles. The van der Waals surface area contributed by atoms with Crippen molar-refractivity contribution < 1.29 is 13.8 Å². The van der Waals surface area contributed by atoms with Gasteiger partial charge in [0.25, 0.3) is 0 Å². The number of aromatic nitrogens is 1. The molecule has 6 aromatic rings. The Balaban J connectivity index is 1.54. The summed E-state index contributed by atoms with van der Waals surface area (Å²) in [7, 11) is -1.85. The third-order valence-electron chi connectivity index (χ3n) is 8.29. The number of methoxy groups -OCH3 is 1. The van der Waals surface area contributed by atoms with Crippen LogP contribution in [0.1, 0.15) is 31.9 Å². The SMILES string of the molecule is COc1cc(P2(=O)Oc3ccccc3-c3ccccc32)c(C)c2c3ccccc3n(-c3ccc(C(C)(C)C)cc3)c12. The molecular weight excluding hydrogens is 525 g/mol. The molecule has 5 heteroatoms. The van der Waals surface area contributed by atoms with E-state index in [1.807, 2.05) is 54.6 Å². The van der Waals surface area contributed by atoms with E-state index in [-0.39, 0.29) is 5.41 Å². The predicted molar refractivity (Wildman–Crippen MR) is 170 cm³/mol. The molecule has 0 N–H and O–H groups in total. The number of nitrogens with zero attached hydrogens (tertiary/aromatic N) is 1. The van der Waals surface area contributed by atoms with E-state index in [9.17, 15) is 0 Å². The van der Waals surface area contributed by atoms with Crippen molar-refractivity contribution in [3.8, 4) is 28.3 Å². The Morgan fingerprint density at radius 1 is 0.780 bits per heavy atom. The zero-order valence-corrected chi connectivity index (χ0v) is 24.8. The summed E-state index contributed by atoms with van der Waals surface area (Å²) in [6.07, 6.45) is 0. The van der Waals surface area contributed by atoms with E-state index in [4.69, 9.17) is 9.26 Å². The Morgan fingerprint density at radius 2 is 1.44 bits per heavy atom. The van der Waals surface area contributed by atoms with Crippen LogP contribution in [-0.2, 0) is 9.98 Å². The first kappa shape index (κ1) is 25.7. The molecule has 1 aliphatic heterocycles. The summed E-state index contributed by atoms with van der Waals surface area (Å²) in [5.41, 5.74) is 7.24. The van der Waals surface area contributed by atoms with Gasteiger partial charge >= 0.3 is 7.37 Å². The molecule has 0 spiro atoms. The number of rotatable bonds is 3. The molecule has 5 aromatic carbocycles. The minimum atomic E-state index is -3.53. The van der Waals surface area contributed by atoms with Crippen LogP contribution in [0.2, 0.25) is 0 Å². The Kier molecular flexibility index (Phi) is 5.71. The number of fused-ring (bicyclic) bond motifs is 6. The summed E-state index contributed by atoms with van der Waals surface area (Å²) >= 11 is 0. The maximum absolute atomic E-state index is 15.2. The first-order valence-corrected chi connectivity index (χ1v) is 15.6. The molecule has 0 amide bonds. The van der Waals surface area contributed by atoms with Crippen LogP contribution in [0.5, 0.6) is 11.5 Å². The summed E-state index contributed by atoms with van der Waals surface area (Å²) in [6, 6.07) is 34.8. The first-order valence-electron chi connectivity index (χ1n) is 13.9. The van der Waals surface area contributed by atoms with Crippen LogP contribution in [0.4, 0.5) is 0 Å². The summed E-state index contributed by atoms with van der Waals surface area (Å²) < 4.78 is 30.1. The van der Waals surface area contributed by atoms with E-state index >= 15 is 4.57 Å². The van der Waals surface area contributed by atoms with Gasteiger partial charge in [0.15, 0.2) is 0 Å². The number of hydrogen-bond acceptors (Lipinski definition) is 3. The highest BCUT2D eigenvalue weighted by molar-refractivity contribution is 7.75. The lowest BCUT2D eigenvalue weighted by Crippen LogP contribution is -2.27. The second kappa shape index (κ2) is 9.12. The molecular formula is C36H32NO3P. The van der Waals surface area contributed by atoms with E-state index < -0.39 is 7.37 Å². The molecule has 0 aliphatic carbocycles. The maximum atomic E-state index is 15.2. The van der Waals surface area contributed by atoms with E-state index in [0.717, 1.165) is 44.2 Å². The monoisotopic (exact) mass is 557 g/mol. The van der Waals surface area contributed by atoms with Gasteiger partial charge in [0.1, 0.15) is 11.5 Å². The maximum Gasteiger partial charge on any atom is 0.307 e. The third-order valence-corrected chi connectivity index (χ3v) is 10.9. The third kappa shape index (κ3) is 3.78. The van der Waals surface area contributed by atoms with Crippen molar-refractivity contribution in [1.82, 2.24) is 4.57 Å². The topological polar surface area (TPSA) is 40.5 Å². The summed E-state index contributed by atoms with van der Waals surface area (Å²) in [6.45, 7) is 8.73. The van der Waals surface area contributed by atoms with Crippen LogP contribution in [0.15, 0.2) is 103 Å². The minimum absolute atomic E-state index is 0.0591. The Labute approximate surface area is 240 Å². The van der Waals surface area contributed by atoms with Gasteiger partial charge in [0, 0.05) is 22.0 Å². The second-order valence-corrected chi connectivity index (χ2v) is 14.0. The Hall–Kier alpha value is -4.27. The zero-order valence-electron chi connectivity index (χ0n) is 23.9. The van der Waals surface area contributed by atoms with Crippen molar-refractivity contribution in [3.05, 3.63) is 114 Å². The fourth-order valence-electron chi connectivity index (χ4n) is 6.22. The standard InChI is InChI=1S/C36H32NO3P/c1-23-33(41(38)32-17-11-8-13-27(32)26-12-7-10-16-30(26)40-41)22-31(39-5)35-34(23)28-14-6-9-15-29(28)37(35)25-20-18-24(19-21-25)36(2,3)4/h6-22H,1-5H3. The highest BCUT2D eigenvalue weighted by Crippen LogP contribution is 2.55. The van der Waals surface area contributed by atoms with Crippen molar-refractivity contribution in [2.24, 2.45) is 0 Å². The van der Waals surface area contributed by atoms with Crippen molar-refractivity contribution in [2.45, 2.75) is 33.1 Å². The smallest absolute Gasteiger partial charge is 0.307 e. The lowest BCUT2D eigenvalue weighted by Gasteiger charge is -2.30. The van der Waals surface area contributed by atoms with Crippen LogP contribution >= 0.6 is 7.37 Å². The van der Waals surface area contributed by atoms with Crippen molar-refractivity contribution in [3.63, 3.8) is 0 Å². The van der Waals surface area contributed by atoms with E-state index in [1.165, 1.54) is 5.56 Å². The Bertz CT molecular complexity index is 2030.